The summed E-state index contributed by atoms with van der Waals surface area (Å²) in [4.78, 5) is 40.1. The van der Waals surface area contributed by atoms with E-state index in [4.69, 9.17) is 0 Å². The number of likely N-dealkylation sites (tertiary alicyclic amines) is 1. The number of carbonyl (C=O) groups is 3. The molecule has 1 unspecified atom stereocenters. The number of carboxylic acids is 1. The molecule has 2 atom stereocenters. The Bertz CT molecular complexity index is 1470. The number of carbonyl (C=O) groups excluding carboxylic acids is 2. The molecule has 0 bridgehead atoms. The van der Waals surface area contributed by atoms with E-state index in [1.807, 2.05) is 43.4 Å². The number of hydrogen-bond donors (Lipinski definition) is 3. The van der Waals surface area contributed by atoms with Gasteiger partial charge in [-0.2, -0.15) is 0 Å². The normalized spacial score (nSPS) is 21.4. The second kappa shape index (κ2) is 15.5. The van der Waals surface area contributed by atoms with E-state index in [0.29, 0.717) is 67.6 Å². The molecule has 9 heteroatoms. The van der Waals surface area contributed by atoms with Gasteiger partial charge in [-0.1, -0.05) is 49.1 Å². The quantitative estimate of drug-likeness (QED) is 0.0991. The summed E-state index contributed by atoms with van der Waals surface area (Å²) < 4.78 is 29.1. The first-order valence-electron chi connectivity index (χ1n) is 16.0. The number of nitrogens with one attached hydrogen (secondary N) is 2. The van der Waals surface area contributed by atoms with Gasteiger partial charge in [-0.25, -0.2) is 8.78 Å². The zero-order valence-corrected chi connectivity index (χ0v) is 27.0. The summed E-state index contributed by atoms with van der Waals surface area (Å²) in [7, 11) is 0. The third-order valence-corrected chi connectivity index (χ3v) is 8.96. The number of carboxylic acid groups (broad SMARTS) is 1. The van der Waals surface area contributed by atoms with Crippen LogP contribution in [0, 0.1) is 11.8 Å². The number of nitrogens with zero attached hydrogens (tertiary/aromatic N) is 1. The van der Waals surface area contributed by atoms with Gasteiger partial charge in [0.05, 0.1) is 5.92 Å². The maximum absolute atomic E-state index is 14.5. The van der Waals surface area contributed by atoms with Gasteiger partial charge in [0, 0.05) is 54.3 Å². The fourth-order valence-corrected chi connectivity index (χ4v) is 6.08. The van der Waals surface area contributed by atoms with E-state index in [0.717, 1.165) is 25.3 Å². The lowest BCUT2D eigenvalue weighted by molar-refractivity contribution is -0.143. The van der Waals surface area contributed by atoms with E-state index >= 15 is 0 Å². The van der Waals surface area contributed by atoms with Crippen molar-refractivity contribution < 1.29 is 28.3 Å². The molecule has 3 aliphatic carbocycles. The molecular formula is C37H45F2N3O4. The maximum Gasteiger partial charge on any atom is 0.306 e. The summed E-state index contributed by atoms with van der Waals surface area (Å²) in [6.45, 7) is 9.30. The highest BCUT2D eigenvalue weighted by Crippen LogP contribution is 2.43. The summed E-state index contributed by atoms with van der Waals surface area (Å²) in [5.41, 5.74) is 5.71. The lowest BCUT2D eigenvalue weighted by atomic mass is 9.92. The molecule has 0 spiro atoms. The first kappa shape index (κ1) is 34.8. The van der Waals surface area contributed by atoms with E-state index in [1.54, 1.807) is 19.1 Å². The summed E-state index contributed by atoms with van der Waals surface area (Å²) in [5, 5.41) is 15.3. The summed E-state index contributed by atoms with van der Waals surface area (Å²) in [6, 6.07) is -0.546. The van der Waals surface area contributed by atoms with Crippen LogP contribution in [0.3, 0.4) is 0 Å². The Morgan fingerprint density at radius 2 is 1.89 bits per heavy atom. The topological polar surface area (TPSA) is 98.7 Å². The number of allylic oxidation sites excluding steroid dienone is 9. The van der Waals surface area contributed by atoms with Gasteiger partial charge in [0.15, 0.2) is 0 Å². The van der Waals surface area contributed by atoms with Gasteiger partial charge in [-0.15, -0.1) is 5.73 Å². The lowest BCUT2D eigenvalue weighted by Crippen LogP contribution is -2.42. The number of amides is 2. The van der Waals surface area contributed by atoms with Crippen molar-refractivity contribution in [3.8, 4) is 0 Å². The van der Waals surface area contributed by atoms with Crippen LogP contribution < -0.4 is 10.6 Å². The second-order valence-corrected chi connectivity index (χ2v) is 12.6. The Balaban J connectivity index is 1.37. The standard InChI is InChI=1S/C37H45F2N3O4/c1-5-6-7-13-31(42-19-17-27(18-20-42)36(45)46)21-24(2)34(43)40-25(3)28-10-8-11-29(22-28)35(44)41-30-12-9-14-32(26-15-16-26)33(23-30)37(4,38)39/h6-7,9-11,13-14,21,23,25-27,31H,1,8,12,15-20,22H2,2-4H3,(H,40,43)(H,41,44)(H,45,46)/b13-7+,24-21+/t25-,31?/m1/s1. The van der Waals surface area contributed by atoms with Crippen molar-refractivity contribution in [2.75, 3.05) is 13.1 Å². The van der Waals surface area contributed by atoms with Gasteiger partial charge < -0.3 is 15.7 Å². The fraction of sp³-hybridized carbons (Fsp3) is 0.459. The van der Waals surface area contributed by atoms with Crippen LogP contribution in [0.4, 0.5) is 8.78 Å². The van der Waals surface area contributed by atoms with Crippen molar-refractivity contribution >= 4 is 17.8 Å². The van der Waals surface area contributed by atoms with Crippen LogP contribution in [0.25, 0.3) is 0 Å². The van der Waals surface area contributed by atoms with Crippen molar-refractivity contribution in [3.63, 3.8) is 0 Å². The predicted octanol–water partition coefficient (Wildman–Crippen LogP) is 6.47. The molecule has 3 N–H and O–H groups in total. The highest BCUT2D eigenvalue weighted by atomic mass is 19.3. The first-order chi connectivity index (χ1) is 21.9. The molecule has 1 saturated carbocycles. The van der Waals surface area contributed by atoms with Crippen molar-refractivity contribution in [2.45, 2.75) is 83.7 Å². The highest BCUT2D eigenvalue weighted by Gasteiger charge is 2.36. The molecule has 1 heterocycles. The number of aliphatic carboxylic acids is 1. The van der Waals surface area contributed by atoms with Crippen LogP contribution in [0.2, 0.25) is 0 Å². The molecular weight excluding hydrogens is 588 g/mol. The monoisotopic (exact) mass is 633 g/mol. The van der Waals surface area contributed by atoms with Crippen molar-refractivity contribution in [2.24, 2.45) is 11.8 Å². The van der Waals surface area contributed by atoms with Gasteiger partial charge in [0.1, 0.15) is 0 Å². The third kappa shape index (κ3) is 9.47. The van der Waals surface area contributed by atoms with Crippen LogP contribution in [0.1, 0.15) is 65.7 Å². The number of hydrogen-bond acceptors (Lipinski definition) is 4. The van der Waals surface area contributed by atoms with Gasteiger partial charge in [0.25, 0.3) is 11.8 Å². The maximum atomic E-state index is 14.5. The number of alkyl halides is 2. The van der Waals surface area contributed by atoms with E-state index < -0.39 is 11.9 Å². The number of halogens is 2. The molecule has 1 saturated heterocycles. The SMILES string of the molecule is C=C=C/C=C/C(/C=C(\C)C(=O)N[C@H](C)C1=CCC=C(C(=O)NC2=CC(C(C)(F)F)=C(C3CC3)C=CC2)C1)N1CCC(C(=O)O)CC1. The smallest absolute Gasteiger partial charge is 0.306 e. The molecule has 0 aromatic heterocycles. The van der Waals surface area contributed by atoms with E-state index in [1.165, 1.54) is 6.08 Å². The Morgan fingerprint density at radius 3 is 2.52 bits per heavy atom. The molecule has 46 heavy (non-hydrogen) atoms. The molecule has 2 amide bonds. The van der Waals surface area contributed by atoms with Crippen molar-refractivity contribution in [1.82, 2.24) is 15.5 Å². The summed E-state index contributed by atoms with van der Waals surface area (Å²) in [5.74, 6) is -4.57. The minimum Gasteiger partial charge on any atom is -0.481 e. The number of piperidine rings is 1. The van der Waals surface area contributed by atoms with E-state index in [-0.39, 0.29) is 41.3 Å². The minimum atomic E-state index is -3.01. The Labute approximate surface area is 270 Å². The van der Waals surface area contributed by atoms with Crippen LogP contribution in [0.5, 0.6) is 0 Å². The van der Waals surface area contributed by atoms with Crippen LogP contribution in [-0.4, -0.2) is 58.9 Å². The van der Waals surface area contributed by atoms with Gasteiger partial charge in [-0.3, -0.25) is 19.3 Å². The predicted molar refractivity (Wildman–Crippen MR) is 176 cm³/mol. The summed E-state index contributed by atoms with van der Waals surface area (Å²) >= 11 is 0. The van der Waals surface area contributed by atoms with Gasteiger partial charge >= 0.3 is 5.97 Å². The average Bonchev–Trinajstić information content (AvgIpc) is 3.88. The molecule has 246 valence electrons. The molecule has 1 aliphatic heterocycles. The zero-order chi connectivity index (χ0) is 33.4. The van der Waals surface area contributed by atoms with Gasteiger partial charge in [0.2, 0.25) is 5.91 Å². The Kier molecular flexibility index (Phi) is 11.7. The molecule has 0 aromatic carbocycles. The molecule has 4 rings (SSSR count). The first-order valence-corrected chi connectivity index (χ1v) is 16.0. The number of rotatable bonds is 12. The molecule has 2 fully saturated rings. The van der Waals surface area contributed by atoms with Crippen LogP contribution >= 0.6 is 0 Å². The average molecular weight is 634 g/mol. The lowest BCUT2D eigenvalue weighted by Gasteiger charge is -2.34. The van der Waals surface area contributed by atoms with Crippen LogP contribution in [-0.2, 0) is 14.4 Å². The molecule has 4 aliphatic rings. The van der Waals surface area contributed by atoms with Crippen molar-refractivity contribution in [1.29, 1.82) is 0 Å². The van der Waals surface area contributed by atoms with Crippen LogP contribution in [0.15, 0.2) is 101 Å². The molecule has 7 nitrogen and oxygen atoms in total. The largest absolute Gasteiger partial charge is 0.481 e. The second-order valence-electron chi connectivity index (χ2n) is 12.6. The molecule has 0 aromatic rings. The molecule has 0 radical (unpaired) electrons. The highest BCUT2D eigenvalue weighted by molar-refractivity contribution is 5.96. The van der Waals surface area contributed by atoms with Crippen molar-refractivity contribution in [3.05, 3.63) is 101 Å². The Morgan fingerprint density at radius 1 is 1.17 bits per heavy atom. The fourth-order valence-electron chi connectivity index (χ4n) is 6.08. The zero-order valence-electron chi connectivity index (χ0n) is 27.0. The van der Waals surface area contributed by atoms with Gasteiger partial charge in [-0.05, 0) is 88.3 Å². The third-order valence-electron chi connectivity index (χ3n) is 8.96. The Hall–Kier alpha value is -4.07. The minimum absolute atomic E-state index is 0.0309. The van der Waals surface area contributed by atoms with E-state index in [2.05, 4.69) is 27.8 Å². The summed E-state index contributed by atoms with van der Waals surface area (Å²) in [6.07, 6.45) is 20.3. The van der Waals surface area contributed by atoms with E-state index in [9.17, 15) is 28.3 Å².